The molecule has 136 valence electrons. The molecule has 2 rings (SSSR count). The number of nitrogens with one attached hydrogen (secondary N) is 2. The number of likely N-dealkylation sites (N-methyl/N-ethyl adjacent to an activating group) is 1. The van der Waals surface area contributed by atoms with Gasteiger partial charge < -0.3 is 10.6 Å². The van der Waals surface area contributed by atoms with Gasteiger partial charge in [-0.25, -0.2) is 0 Å². The van der Waals surface area contributed by atoms with Gasteiger partial charge in [-0.2, -0.15) is 0 Å². The van der Waals surface area contributed by atoms with Crippen molar-refractivity contribution in [1.29, 1.82) is 0 Å². The van der Waals surface area contributed by atoms with Crippen LogP contribution in [-0.2, 0) is 16.0 Å². The molecule has 0 spiro atoms. The van der Waals surface area contributed by atoms with Crippen LogP contribution in [0.25, 0.3) is 0 Å². The molecule has 26 heavy (non-hydrogen) atoms. The first-order valence-corrected chi connectivity index (χ1v) is 8.59. The lowest BCUT2D eigenvalue weighted by molar-refractivity contribution is -0.120. The third-order valence-electron chi connectivity index (χ3n) is 4.15. The summed E-state index contributed by atoms with van der Waals surface area (Å²) in [5, 5.41) is 5.35. The van der Waals surface area contributed by atoms with Crippen molar-refractivity contribution in [2.24, 2.45) is 0 Å². The van der Waals surface area contributed by atoms with Crippen LogP contribution in [-0.4, -0.2) is 24.6 Å². The SMILES string of the molecule is CNC(=O)Cc1ccc(NC(=O)CCC(=O)c2cc(C)ccc2C)cc1. The Morgan fingerprint density at radius 1 is 0.885 bits per heavy atom. The van der Waals surface area contributed by atoms with Gasteiger partial charge in [0.2, 0.25) is 11.8 Å². The van der Waals surface area contributed by atoms with E-state index in [9.17, 15) is 14.4 Å². The minimum Gasteiger partial charge on any atom is -0.359 e. The van der Waals surface area contributed by atoms with Crippen molar-refractivity contribution in [3.05, 3.63) is 64.7 Å². The molecule has 0 radical (unpaired) electrons. The Bertz CT molecular complexity index is 811. The minimum atomic E-state index is -0.206. The van der Waals surface area contributed by atoms with E-state index in [0.29, 0.717) is 17.7 Å². The van der Waals surface area contributed by atoms with Gasteiger partial charge in [-0.05, 0) is 43.2 Å². The molecule has 5 nitrogen and oxygen atoms in total. The molecule has 0 aliphatic carbocycles. The van der Waals surface area contributed by atoms with Crippen LogP contribution in [0.3, 0.4) is 0 Å². The number of anilines is 1. The Kier molecular flexibility index (Phi) is 6.67. The van der Waals surface area contributed by atoms with E-state index >= 15 is 0 Å². The highest BCUT2D eigenvalue weighted by atomic mass is 16.2. The van der Waals surface area contributed by atoms with Gasteiger partial charge in [-0.3, -0.25) is 14.4 Å². The van der Waals surface area contributed by atoms with Gasteiger partial charge in [0, 0.05) is 31.1 Å². The number of Topliss-reactive ketones (excluding diaryl/α,β-unsaturated/α-hetero) is 1. The zero-order chi connectivity index (χ0) is 19.1. The van der Waals surface area contributed by atoms with Crippen LogP contribution in [0.1, 0.15) is 39.9 Å². The van der Waals surface area contributed by atoms with Gasteiger partial charge in [-0.15, -0.1) is 0 Å². The number of aryl methyl sites for hydroxylation is 2. The summed E-state index contributed by atoms with van der Waals surface area (Å²) in [5.74, 6) is -0.295. The fourth-order valence-corrected chi connectivity index (χ4v) is 2.60. The number of ketones is 1. The second-order valence-electron chi connectivity index (χ2n) is 6.34. The quantitative estimate of drug-likeness (QED) is 0.752. The average molecular weight is 352 g/mol. The fourth-order valence-electron chi connectivity index (χ4n) is 2.60. The summed E-state index contributed by atoms with van der Waals surface area (Å²) in [6, 6.07) is 12.8. The van der Waals surface area contributed by atoms with Gasteiger partial charge in [0.1, 0.15) is 0 Å². The van der Waals surface area contributed by atoms with E-state index in [1.807, 2.05) is 32.0 Å². The van der Waals surface area contributed by atoms with Crippen LogP contribution in [0.15, 0.2) is 42.5 Å². The molecule has 0 unspecified atom stereocenters. The molecule has 2 aromatic rings. The number of carbonyl (C=O) groups excluding carboxylic acids is 3. The lowest BCUT2D eigenvalue weighted by Crippen LogP contribution is -2.19. The van der Waals surface area contributed by atoms with Gasteiger partial charge in [0.05, 0.1) is 6.42 Å². The smallest absolute Gasteiger partial charge is 0.224 e. The van der Waals surface area contributed by atoms with Crippen molar-refractivity contribution in [2.75, 3.05) is 12.4 Å². The molecule has 5 heteroatoms. The number of amides is 2. The molecule has 0 bridgehead atoms. The predicted molar refractivity (Wildman–Crippen MR) is 102 cm³/mol. The van der Waals surface area contributed by atoms with Crippen molar-refractivity contribution < 1.29 is 14.4 Å². The number of carbonyl (C=O) groups is 3. The summed E-state index contributed by atoms with van der Waals surface area (Å²) in [6.45, 7) is 3.84. The lowest BCUT2D eigenvalue weighted by atomic mass is 9.99. The van der Waals surface area contributed by atoms with Crippen molar-refractivity contribution in [1.82, 2.24) is 5.32 Å². The van der Waals surface area contributed by atoms with E-state index in [1.165, 1.54) is 0 Å². The Balaban J connectivity index is 1.87. The van der Waals surface area contributed by atoms with E-state index in [4.69, 9.17) is 0 Å². The van der Waals surface area contributed by atoms with Crippen LogP contribution in [0, 0.1) is 13.8 Å². The molecule has 0 heterocycles. The Labute approximate surface area is 153 Å². The highest BCUT2D eigenvalue weighted by Gasteiger charge is 2.12. The molecule has 2 amide bonds. The first-order chi connectivity index (χ1) is 12.4. The fraction of sp³-hybridized carbons (Fsp3) is 0.286. The second-order valence-corrected chi connectivity index (χ2v) is 6.34. The highest BCUT2D eigenvalue weighted by Crippen LogP contribution is 2.15. The molecule has 2 aromatic carbocycles. The maximum Gasteiger partial charge on any atom is 0.224 e. The van der Waals surface area contributed by atoms with E-state index < -0.39 is 0 Å². The van der Waals surface area contributed by atoms with Gasteiger partial charge in [0.15, 0.2) is 5.78 Å². The Hall–Kier alpha value is -2.95. The maximum atomic E-state index is 12.3. The molecule has 0 atom stereocenters. The van der Waals surface area contributed by atoms with Crippen LogP contribution in [0.4, 0.5) is 5.69 Å². The van der Waals surface area contributed by atoms with Crippen molar-refractivity contribution in [2.45, 2.75) is 33.1 Å². The van der Waals surface area contributed by atoms with E-state index in [0.717, 1.165) is 16.7 Å². The van der Waals surface area contributed by atoms with Crippen LogP contribution >= 0.6 is 0 Å². The van der Waals surface area contributed by atoms with Gasteiger partial charge in [-0.1, -0.05) is 29.8 Å². The first-order valence-electron chi connectivity index (χ1n) is 8.59. The van der Waals surface area contributed by atoms with Crippen LogP contribution in [0.5, 0.6) is 0 Å². The van der Waals surface area contributed by atoms with E-state index in [2.05, 4.69) is 10.6 Å². The van der Waals surface area contributed by atoms with E-state index in [-0.39, 0.29) is 30.4 Å². The highest BCUT2D eigenvalue weighted by molar-refractivity contribution is 6.01. The zero-order valence-electron chi connectivity index (χ0n) is 15.4. The monoisotopic (exact) mass is 352 g/mol. The van der Waals surface area contributed by atoms with E-state index in [1.54, 1.807) is 31.3 Å². The van der Waals surface area contributed by atoms with Crippen molar-refractivity contribution in [3.63, 3.8) is 0 Å². The van der Waals surface area contributed by atoms with Crippen LogP contribution < -0.4 is 10.6 Å². The standard InChI is InChI=1S/C21H24N2O3/c1-14-4-5-15(2)18(12-14)19(24)10-11-20(25)23-17-8-6-16(7-9-17)13-21(26)22-3/h4-9,12H,10-11,13H2,1-3H3,(H,22,26)(H,23,25). The third kappa shape index (κ3) is 5.55. The molecular weight excluding hydrogens is 328 g/mol. The second kappa shape index (κ2) is 8.94. The molecule has 0 fully saturated rings. The molecule has 0 saturated carbocycles. The average Bonchev–Trinajstić information content (AvgIpc) is 2.63. The Morgan fingerprint density at radius 3 is 2.23 bits per heavy atom. The van der Waals surface area contributed by atoms with Crippen LogP contribution in [0.2, 0.25) is 0 Å². The molecule has 2 N–H and O–H groups in total. The van der Waals surface area contributed by atoms with Crippen molar-refractivity contribution in [3.8, 4) is 0 Å². The largest absolute Gasteiger partial charge is 0.359 e. The summed E-state index contributed by atoms with van der Waals surface area (Å²) in [5.41, 5.74) is 4.15. The minimum absolute atomic E-state index is 0.0257. The molecular formula is C21H24N2O3. The van der Waals surface area contributed by atoms with Gasteiger partial charge >= 0.3 is 0 Å². The number of hydrogen-bond acceptors (Lipinski definition) is 3. The number of benzene rings is 2. The molecule has 0 aromatic heterocycles. The van der Waals surface area contributed by atoms with Gasteiger partial charge in [0.25, 0.3) is 0 Å². The number of hydrogen-bond donors (Lipinski definition) is 2. The summed E-state index contributed by atoms with van der Waals surface area (Å²) in [7, 11) is 1.59. The molecule has 0 aliphatic rings. The summed E-state index contributed by atoms with van der Waals surface area (Å²) in [6.07, 6.45) is 0.603. The third-order valence-corrected chi connectivity index (χ3v) is 4.15. The summed E-state index contributed by atoms with van der Waals surface area (Å²) >= 11 is 0. The molecule has 0 aliphatic heterocycles. The first kappa shape index (κ1) is 19.4. The Morgan fingerprint density at radius 2 is 1.58 bits per heavy atom. The summed E-state index contributed by atoms with van der Waals surface area (Å²) in [4.78, 5) is 35.8. The summed E-state index contributed by atoms with van der Waals surface area (Å²) < 4.78 is 0. The number of rotatable bonds is 7. The predicted octanol–water partition coefficient (Wildman–Crippen LogP) is 3.19. The normalized spacial score (nSPS) is 10.3. The zero-order valence-corrected chi connectivity index (χ0v) is 15.4. The maximum absolute atomic E-state index is 12.3. The lowest BCUT2D eigenvalue weighted by Gasteiger charge is -2.08. The van der Waals surface area contributed by atoms with Crippen molar-refractivity contribution >= 4 is 23.3 Å². The molecule has 0 saturated heterocycles. The topological polar surface area (TPSA) is 75.3 Å².